The number of hydrogen-bond acceptors (Lipinski definition) is 2. The molecule has 0 spiro atoms. The molecular formula is C16H23BrN2. The van der Waals surface area contributed by atoms with Crippen molar-refractivity contribution in [2.24, 2.45) is 11.7 Å². The van der Waals surface area contributed by atoms with Gasteiger partial charge in [-0.15, -0.1) is 0 Å². The zero-order chi connectivity index (χ0) is 13.2. The maximum atomic E-state index is 5.94. The number of halogens is 1. The first kappa shape index (κ1) is 13.4. The minimum Gasteiger partial charge on any atom is -0.368 e. The molecule has 1 heterocycles. The van der Waals surface area contributed by atoms with E-state index >= 15 is 0 Å². The van der Waals surface area contributed by atoms with Gasteiger partial charge in [-0.3, -0.25) is 0 Å². The summed E-state index contributed by atoms with van der Waals surface area (Å²) in [5.41, 5.74) is 8.59. The number of hydrogen-bond donors (Lipinski definition) is 1. The van der Waals surface area contributed by atoms with Crippen LogP contribution in [-0.4, -0.2) is 12.6 Å². The van der Waals surface area contributed by atoms with Gasteiger partial charge in [0.05, 0.1) is 0 Å². The molecule has 2 N–H and O–H groups in total. The lowest BCUT2D eigenvalue weighted by atomic mass is 9.95. The third-order valence-electron chi connectivity index (χ3n) is 4.81. The summed E-state index contributed by atoms with van der Waals surface area (Å²) in [4.78, 5) is 2.64. The van der Waals surface area contributed by atoms with Gasteiger partial charge in [0.2, 0.25) is 0 Å². The predicted molar refractivity (Wildman–Crippen MR) is 84.4 cm³/mol. The molecule has 1 unspecified atom stereocenters. The summed E-state index contributed by atoms with van der Waals surface area (Å²) >= 11 is 3.55. The average Bonchev–Trinajstić information content (AvgIpc) is 3.08. The number of anilines is 1. The molecule has 0 radical (unpaired) electrons. The second-order valence-corrected chi connectivity index (χ2v) is 6.84. The van der Waals surface area contributed by atoms with Crippen LogP contribution in [0.15, 0.2) is 22.7 Å². The Bertz CT molecular complexity index is 440. The van der Waals surface area contributed by atoms with Crippen molar-refractivity contribution in [3.63, 3.8) is 0 Å². The summed E-state index contributed by atoms with van der Waals surface area (Å²) in [5, 5.41) is 0. The second kappa shape index (κ2) is 5.84. The van der Waals surface area contributed by atoms with Crippen LogP contribution < -0.4 is 10.6 Å². The number of nitrogens with zero attached hydrogens (tertiary/aromatic N) is 1. The van der Waals surface area contributed by atoms with E-state index in [0.717, 1.165) is 16.4 Å². The zero-order valence-corrected chi connectivity index (χ0v) is 13.0. The van der Waals surface area contributed by atoms with Crippen molar-refractivity contribution in [3.05, 3.63) is 28.2 Å². The molecule has 1 saturated heterocycles. The second-order valence-electron chi connectivity index (χ2n) is 5.92. The van der Waals surface area contributed by atoms with Crippen LogP contribution in [0.4, 0.5) is 5.69 Å². The third kappa shape index (κ3) is 2.68. The SMILES string of the molecule is NCc1cc(Br)ccc1N1CCCC1C1CCCC1. The summed E-state index contributed by atoms with van der Waals surface area (Å²) in [5.74, 6) is 0.914. The Balaban J connectivity index is 1.87. The maximum absolute atomic E-state index is 5.94. The van der Waals surface area contributed by atoms with Crippen molar-refractivity contribution in [3.8, 4) is 0 Å². The standard InChI is InChI=1S/C16H23BrN2/c17-14-7-8-16(13(10-14)11-18)19-9-3-6-15(19)12-4-1-2-5-12/h7-8,10,12,15H,1-6,9,11,18H2. The molecule has 1 aromatic carbocycles. The highest BCUT2D eigenvalue weighted by atomic mass is 79.9. The summed E-state index contributed by atoms with van der Waals surface area (Å²) in [7, 11) is 0. The minimum atomic E-state index is 0.628. The molecule has 104 valence electrons. The fourth-order valence-corrected chi connectivity index (χ4v) is 4.33. The van der Waals surface area contributed by atoms with E-state index in [0.29, 0.717) is 6.54 Å². The van der Waals surface area contributed by atoms with Crippen molar-refractivity contribution in [2.75, 3.05) is 11.4 Å². The van der Waals surface area contributed by atoms with E-state index in [4.69, 9.17) is 5.73 Å². The van der Waals surface area contributed by atoms with Crippen molar-refractivity contribution in [1.82, 2.24) is 0 Å². The molecule has 3 rings (SSSR count). The van der Waals surface area contributed by atoms with Crippen molar-refractivity contribution < 1.29 is 0 Å². The Morgan fingerprint density at radius 3 is 2.68 bits per heavy atom. The number of rotatable bonds is 3. The monoisotopic (exact) mass is 322 g/mol. The topological polar surface area (TPSA) is 29.3 Å². The van der Waals surface area contributed by atoms with Gasteiger partial charge in [-0.05, 0) is 55.4 Å². The quantitative estimate of drug-likeness (QED) is 0.909. The van der Waals surface area contributed by atoms with Crippen LogP contribution in [0, 0.1) is 5.92 Å². The van der Waals surface area contributed by atoms with Gasteiger partial charge in [0.1, 0.15) is 0 Å². The van der Waals surface area contributed by atoms with Crippen LogP contribution in [0.1, 0.15) is 44.1 Å². The molecule has 1 aliphatic carbocycles. The predicted octanol–water partition coefficient (Wildman–Crippen LogP) is 4.07. The molecule has 1 aliphatic heterocycles. The van der Waals surface area contributed by atoms with Gasteiger partial charge in [-0.2, -0.15) is 0 Å². The lowest BCUT2D eigenvalue weighted by Gasteiger charge is -2.32. The molecule has 2 aliphatic rings. The zero-order valence-electron chi connectivity index (χ0n) is 11.4. The van der Waals surface area contributed by atoms with Gasteiger partial charge in [-0.25, -0.2) is 0 Å². The maximum Gasteiger partial charge on any atom is 0.0415 e. The smallest absolute Gasteiger partial charge is 0.0415 e. The molecule has 1 atom stereocenters. The molecule has 1 saturated carbocycles. The lowest BCUT2D eigenvalue weighted by Crippen LogP contribution is -2.35. The van der Waals surface area contributed by atoms with Gasteiger partial charge >= 0.3 is 0 Å². The minimum absolute atomic E-state index is 0.628. The van der Waals surface area contributed by atoms with Crippen molar-refractivity contribution >= 4 is 21.6 Å². The van der Waals surface area contributed by atoms with Crippen molar-refractivity contribution in [2.45, 2.75) is 51.1 Å². The van der Waals surface area contributed by atoms with Crippen LogP contribution in [-0.2, 0) is 6.54 Å². The van der Waals surface area contributed by atoms with Gasteiger partial charge < -0.3 is 10.6 Å². The molecule has 2 fully saturated rings. The van der Waals surface area contributed by atoms with E-state index in [1.807, 2.05) is 0 Å². The first-order valence-electron chi connectivity index (χ1n) is 7.54. The molecule has 0 aromatic heterocycles. The highest BCUT2D eigenvalue weighted by Gasteiger charge is 2.33. The largest absolute Gasteiger partial charge is 0.368 e. The Kier molecular flexibility index (Phi) is 4.13. The molecular weight excluding hydrogens is 300 g/mol. The lowest BCUT2D eigenvalue weighted by molar-refractivity contribution is 0.430. The van der Waals surface area contributed by atoms with E-state index in [-0.39, 0.29) is 0 Å². The molecule has 0 bridgehead atoms. The summed E-state index contributed by atoms with van der Waals surface area (Å²) in [6.45, 7) is 1.83. The molecule has 0 amide bonds. The molecule has 1 aromatic rings. The van der Waals surface area contributed by atoms with Gasteiger partial charge in [0.25, 0.3) is 0 Å². The van der Waals surface area contributed by atoms with E-state index in [2.05, 4.69) is 39.0 Å². The highest BCUT2D eigenvalue weighted by molar-refractivity contribution is 9.10. The van der Waals surface area contributed by atoms with E-state index < -0.39 is 0 Å². The summed E-state index contributed by atoms with van der Waals surface area (Å²) in [6.07, 6.45) is 8.41. The van der Waals surface area contributed by atoms with Crippen LogP contribution in [0.5, 0.6) is 0 Å². The van der Waals surface area contributed by atoms with Gasteiger partial charge in [0.15, 0.2) is 0 Å². The Labute approximate surface area is 124 Å². The average molecular weight is 323 g/mol. The van der Waals surface area contributed by atoms with Gasteiger partial charge in [0, 0.05) is 29.3 Å². The van der Waals surface area contributed by atoms with Crippen LogP contribution >= 0.6 is 15.9 Å². The van der Waals surface area contributed by atoms with E-state index in [9.17, 15) is 0 Å². The summed E-state index contributed by atoms with van der Waals surface area (Å²) < 4.78 is 1.13. The van der Waals surface area contributed by atoms with Crippen LogP contribution in [0.25, 0.3) is 0 Å². The Morgan fingerprint density at radius 2 is 1.95 bits per heavy atom. The highest BCUT2D eigenvalue weighted by Crippen LogP contribution is 2.39. The van der Waals surface area contributed by atoms with Crippen LogP contribution in [0.2, 0.25) is 0 Å². The van der Waals surface area contributed by atoms with E-state index in [1.54, 1.807) is 0 Å². The first-order chi connectivity index (χ1) is 9.29. The third-order valence-corrected chi connectivity index (χ3v) is 5.31. The fourth-order valence-electron chi connectivity index (χ4n) is 3.92. The van der Waals surface area contributed by atoms with E-state index in [1.165, 1.54) is 56.3 Å². The fraction of sp³-hybridized carbons (Fsp3) is 0.625. The van der Waals surface area contributed by atoms with Crippen LogP contribution in [0.3, 0.4) is 0 Å². The normalized spacial score (nSPS) is 24.3. The Morgan fingerprint density at radius 1 is 1.16 bits per heavy atom. The number of benzene rings is 1. The number of nitrogens with two attached hydrogens (primary N) is 1. The first-order valence-corrected chi connectivity index (χ1v) is 8.34. The molecule has 3 heteroatoms. The molecule has 2 nitrogen and oxygen atoms in total. The summed E-state index contributed by atoms with van der Waals surface area (Å²) in [6, 6.07) is 7.34. The van der Waals surface area contributed by atoms with Crippen molar-refractivity contribution in [1.29, 1.82) is 0 Å². The van der Waals surface area contributed by atoms with Gasteiger partial charge in [-0.1, -0.05) is 28.8 Å². The Hall–Kier alpha value is -0.540. The molecule has 19 heavy (non-hydrogen) atoms.